The lowest BCUT2D eigenvalue weighted by molar-refractivity contribution is 0.219. The molecule has 2 N–H and O–H groups in total. The minimum Gasteiger partial charge on any atom is -0.361 e. The summed E-state index contributed by atoms with van der Waals surface area (Å²) < 4.78 is 0. The van der Waals surface area contributed by atoms with Gasteiger partial charge in [0.15, 0.2) is 5.11 Å². The first kappa shape index (κ1) is 20.6. The van der Waals surface area contributed by atoms with Gasteiger partial charge in [-0.05, 0) is 50.0 Å². The Balaban J connectivity index is 1.67. The van der Waals surface area contributed by atoms with Gasteiger partial charge in [-0.1, -0.05) is 13.5 Å². The quantitative estimate of drug-likeness (QED) is 0.646. The van der Waals surface area contributed by atoms with Crippen molar-refractivity contribution in [3.05, 3.63) is 28.3 Å². The molecule has 0 bridgehead atoms. The molecule has 1 saturated heterocycles. The lowest BCUT2D eigenvalue weighted by Crippen LogP contribution is -2.44. The van der Waals surface area contributed by atoms with Crippen LogP contribution in [0.1, 0.15) is 48.6 Å². The van der Waals surface area contributed by atoms with Crippen molar-refractivity contribution < 1.29 is 4.79 Å². The summed E-state index contributed by atoms with van der Waals surface area (Å²) in [6.45, 7) is 15.5. The standard InChI is InChI=1S/C21H31N5OS2/c1-5-25-15(4)13(2)18-14(3)17(12-24-10-8-23-20(24)28)29-19(18)26(21(25)27)11-9-22-16-6-7-16/h13,16,22H,4-12H2,1-3H3,(H,23,28). The van der Waals surface area contributed by atoms with Crippen LogP contribution in [0.4, 0.5) is 9.80 Å². The number of carbonyl (C=O) groups excluding carboxylic acids is 1. The van der Waals surface area contributed by atoms with Gasteiger partial charge < -0.3 is 15.5 Å². The number of nitrogens with zero attached hydrogens (tertiary/aromatic N) is 3. The van der Waals surface area contributed by atoms with Crippen LogP contribution in [0.15, 0.2) is 12.3 Å². The van der Waals surface area contributed by atoms with E-state index >= 15 is 0 Å². The molecule has 0 radical (unpaired) electrons. The minimum absolute atomic E-state index is 0.0480. The molecule has 2 amide bonds. The summed E-state index contributed by atoms with van der Waals surface area (Å²) in [5.41, 5.74) is 3.42. The number of hydrogen-bond donors (Lipinski definition) is 2. The topological polar surface area (TPSA) is 50.9 Å². The molecule has 1 atom stereocenters. The number of allylic oxidation sites excluding steroid dienone is 1. The zero-order valence-corrected chi connectivity index (χ0v) is 19.2. The van der Waals surface area contributed by atoms with Crippen molar-refractivity contribution in [2.45, 2.75) is 52.1 Å². The van der Waals surface area contributed by atoms with Crippen LogP contribution in [0, 0.1) is 6.92 Å². The Morgan fingerprint density at radius 2 is 2.10 bits per heavy atom. The summed E-state index contributed by atoms with van der Waals surface area (Å²) in [6, 6.07) is 0.684. The Kier molecular flexibility index (Phi) is 5.86. The predicted molar refractivity (Wildman–Crippen MR) is 124 cm³/mol. The average Bonchev–Trinajstić information content (AvgIpc) is 3.37. The van der Waals surface area contributed by atoms with Crippen molar-refractivity contribution in [2.24, 2.45) is 0 Å². The third-order valence-corrected chi connectivity index (χ3v) is 7.92. The van der Waals surface area contributed by atoms with Crippen LogP contribution in [0.5, 0.6) is 0 Å². The fraction of sp³-hybridized carbons (Fsp3) is 0.619. The van der Waals surface area contributed by atoms with Crippen molar-refractivity contribution in [3.63, 3.8) is 0 Å². The van der Waals surface area contributed by atoms with Crippen LogP contribution in [0.3, 0.4) is 0 Å². The van der Waals surface area contributed by atoms with E-state index in [-0.39, 0.29) is 11.9 Å². The number of fused-ring (bicyclic) bond motifs is 1. The number of rotatable bonds is 7. The number of hydrogen-bond acceptors (Lipinski definition) is 4. The van der Waals surface area contributed by atoms with Gasteiger partial charge in [0.25, 0.3) is 0 Å². The van der Waals surface area contributed by atoms with E-state index < -0.39 is 0 Å². The molecule has 1 saturated carbocycles. The monoisotopic (exact) mass is 433 g/mol. The second-order valence-corrected chi connectivity index (χ2v) is 9.61. The number of likely N-dealkylation sites (N-methyl/N-ethyl adjacent to an activating group) is 1. The van der Waals surface area contributed by atoms with Crippen molar-refractivity contribution in [2.75, 3.05) is 37.6 Å². The van der Waals surface area contributed by atoms with E-state index in [2.05, 4.69) is 36.0 Å². The van der Waals surface area contributed by atoms with E-state index in [4.69, 9.17) is 12.2 Å². The Morgan fingerprint density at radius 1 is 1.34 bits per heavy atom. The van der Waals surface area contributed by atoms with Gasteiger partial charge in [0.05, 0.1) is 6.54 Å². The molecule has 3 aliphatic rings. The molecule has 8 heteroatoms. The van der Waals surface area contributed by atoms with Gasteiger partial charge in [0.2, 0.25) is 0 Å². The molecule has 0 aromatic carbocycles. The molecule has 1 aromatic heterocycles. The first-order chi connectivity index (χ1) is 13.9. The summed E-state index contributed by atoms with van der Waals surface area (Å²) in [6.07, 6.45) is 2.50. The molecule has 3 heterocycles. The SMILES string of the molecule is C=C1C(C)c2c(sc(CN3CCNC3=S)c2C)N(CCNC2CC2)C(=O)N1CC. The van der Waals surface area contributed by atoms with Crippen LogP contribution >= 0.6 is 23.6 Å². The smallest absolute Gasteiger partial charge is 0.329 e. The lowest BCUT2D eigenvalue weighted by Gasteiger charge is -2.28. The number of amides is 2. The number of anilines is 1. The summed E-state index contributed by atoms with van der Waals surface area (Å²) in [7, 11) is 0. The van der Waals surface area contributed by atoms with E-state index in [9.17, 15) is 4.79 Å². The maximum Gasteiger partial charge on any atom is 0.329 e. The van der Waals surface area contributed by atoms with Gasteiger partial charge in [-0.2, -0.15) is 0 Å². The zero-order chi connectivity index (χ0) is 20.7. The second kappa shape index (κ2) is 8.24. The molecular formula is C21H31N5OS2. The normalized spacial score (nSPS) is 22.2. The summed E-state index contributed by atoms with van der Waals surface area (Å²) in [5.74, 6) is 0.115. The number of carbonyl (C=O) groups is 1. The summed E-state index contributed by atoms with van der Waals surface area (Å²) in [5, 5.41) is 8.70. The highest BCUT2D eigenvalue weighted by Crippen LogP contribution is 2.46. The maximum absolute atomic E-state index is 13.4. The van der Waals surface area contributed by atoms with E-state index in [1.807, 2.05) is 16.7 Å². The molecule has 4 rings (SSSR count). The highest BCUT2D eigenvalue weighted by Gasteiger charge is 2.37. The highest BCUT2D eigenvalue weighted by molar-refractivity contribution is 7.80. The van der Waals surface area contributed by atoms with Crippen LogP contribution in [0.2, 0.25) is 0 Å². The average molecular weight is 434 g/mol. The Hall–Kier alpha value is -1.64. The molecule has 1 aliphatic carbocycles. The van der Waals surface area contributed by atoms with Gasteiger partial charge in [0, 0.05) is 55.3 Å². The highest BCUT2D eigenvalue weighted by atomic mass is 32.1. The van der Waals surface area contributed by atoms with Crippen LogP contribution in [0.25, 0.3) is 0 Å². The van der Waals surface area contributed by atoms with E-state index in [0.717, 1.165) is 42.0 Å². The Morgan fingerprint density at radius 3 is 2.72 bits per heavy atom. The molecular weight excluding hydrogens is 402 g/mol. The molecule has 1 unspecified atom stereocenters. The molecule has 6 nitrogen and oxygen atoms in total. The first-order valence-corrected chi connectivity index (χ1v) is 11.8. The molecule has 0 spiro atoms. The number of urea groups is 1. The number of thiophene rings is 1. The van der Waals surface area contributed by atoms with Crippen molar-refractivity contribution >= 4 is 39.7 Å². The summed E-state index contributed by atoms with van der Waals surface area (Å²) in [4.78, 5) is 20.8. The van der Waals surface area contributed by atoms with Crippen LogP contribution in [-0.2, 0) is 6.54 Å². The minimum atomic E-state index is 0.0480. The lowest BCUT2D eigenvalue weighted by atomic mass is 9.95. The fourth-order valence-electron chi connectivity index (χ4n) is 4.21. The van der Waals surface area contributed by atoms with Crippen molar-refractivity contribution in [3.8, 4) is 0 Å². The zero-order valence-electron chi connectivity index (χ0n) is 17.6. The molecule has 2 aliphatic heterocycles. The molecule has 1 aromatic rings. The Bertz CT molecular complexity index is 831. The van der Waals surface area contributed by atoms with Gasteiger partial charge in [-0.3, -0.25) is 9.80 Å². The second-order valence-electron chi connectivity index (χ2n) is 8.14. The van der Waals surface area contributed by atoms with Crippen molar-refractivity contribution in [1.82, 2.24) is 20.4 Å². The summed E-state index contributed by atoms with van der Waals surface area (Å²) >= 11 is 7.19. The predicted octanol–water partition coefficient (Wildman–Crippen LogP) is 3.38. The van der Waals surface area contributed by atoms with Crippen molar-refractivity contribution in [1.29, 1.82) is 0 Å². The van der Waals surface area contributed by atoms with Gasteiger partial charge in [-0.25, -0.2) is 4.79 Å². The van der Waals surface area contributed by atoms with Crippen LogP contribution < -0.4 is 15.5 Å². The number of thiocarbonyl (C=S) groups is 1. The maximum atomic E-state index is 13.4. The van der Waals surface area contributed by atoms with E-state index in [1.54, 1.807) is 11.3 Å². The molecule has 29 heavy (non-hydrogen) atoms. The Labute approximate surface area is 182 Å². The third-order valence-electron chi connectivity index (χ3n) is 6.20. The first-order valence-electron chi connectivity index (χ1n) is 10.6. The molecule has 2 fully saturated rings. The van der Waals surface area contributed by atoms with Crippen LogP contribution in [-0.4, -0.2) is 59.7 Å². The molecule has 158 valence electrons. The largest absolute Gasteiger partial charge is 0.361 e. The van der Waals surface area contributed by atoms with E-state index in [0.29, 0.717) is 19.1 Å². The fourth-order valence-corrected chi connectivity index (χ4v) is 5.91. The number of nitrogens with one attached hydrogen (secondary N) is 2. The van der Waals surface area contributed by atoms with Gasteiger partial charge in [-0.15, -0.1) is 11.3 Å². The van der Waals surface area contributed by atoms with Gasteiger partial charge in [0.1, 0.15) is 5.00 Å². The third kappa shape index (κ3) is 3.90. The van der Waals surface area contributed by atoms with E-state index in [1.165, 1.54) is 28.8 Å². The van der Waals surface area contributed by atoms with Gasteiger partial charge >= 0.3 is 6.03 Å².